The number of rotatable bonds is 5. The zero-order chi connectivity index (χ0) is 18.2. The SMILES string of the molecule is CC(c1ccccc1)N(C)C(=O)[C@@]1(c2ccc(Cl)c(Cl)c2)C[C@H]1CO. The van der Waals surface area contributed by atoms with Crippen LogP contribution in [0.4, 0.5) is 0 Å². The van der Waals surface area contributed by atoms with Crippen molar-refractivity contribution in [3.8, 4) is 0 Å². The summed E-state index contributed by atoms with van der Waals surface area (Å²) in [5.74, 6) is -0.0936. The molecule has 5 heteroatoms. The number of likely N-dealkylation sites (N-methyl/N-ethyl adjacent to an activating group) is 1. The molecule has 1 aliphatic carbocycles. The summed E-state index contributed by atoms with van der Waals surface area (Å²) in [6.07, 6.45) is 0.617. The van der Waals surface area contributed by atoms with Gasteiger partial charge in [-0.2, -0.15) is 0 Å². The quantitative estimate of drug-likeness (QED) is 0.835. The van der Waals surface area contributed by atoms with E-state index in [-0.39, 0.29) is 24.5 Å². The molecule has 1 saturated carbocycles. The molecule has 2 aromatic carbocycles. The third-order valence-electron chi connectivity index (χ3n) is 5.33. The largest absolute Gasteiger partial charge is 0.396 e. The molecule has 2 aromatic rings. The predicted octanol–water partition coefficient (Wildman–Crippen LogP) is 4.46. The summed E-state index contributed by atoms with van der Waals surface area (Å²) in [5, 5.41) is 10.6. The molecule has 25 heavy (non-hydrogen) atoms. The first-order valence-corrected chi connectivity index (χ1v) is 9.06. The zero-order valence-corrected chi connectivity index (χ0v) is 15.8. The topological polar surface area (TPSA) is 40.5 Å². The Morgan fingerprint density at radius 3 is 2.48 bits per heavy atom. The van der Waals surface area contributed by atoms with Crippen molar-refractivity contribution in [1.29, 1.82) is 0 Å². The van der Waals surface area contributed by atoms with Gasteiger partial charge in [0, 0.05) is 19.6 Å². The summed E-state index contributed by atoms with van der Waals surface area (Å²) >= 11 is 12.2. The van der Waals surface area contributed by atoms with Crippen LogP contribution in [-0.2, 0) is 10.2 Å². The number of aliphatic hydroxyl groups is 1. The van der Waals surface area contributed by atoms with Gasteiger partial charge in [0.15, 0.2) is 0 Å². The summed E-state index contributed by atoms with van der Waals surface area (Å²) in [4.78, 5) is 15.1. The van der Waals surface area contributed by atoms with E-state index in [1.807, 2.05) is 50.4 Å². The van der Waals surface area contributed by atoms with Crippen LogP contribution in [-0.4, -0.2) is 29.6 Å². The number of carbonyl (C=O) groups is 1. The standard InChI is InChI=1S/C20H21Cl2NO2/c1-13(14-6-4-3-5-7-14)23(2)19(25)20(11-16(20)12-24)15-8-9-17(21)18(22)10-15/h3-10,13,16,24H,11-12H2,1-2H3/t13?,16-,20+/m0/s1. The molecule has 1 unspecified atom stereocenters. The lowest BCUT2D eigenvalue weighted by molar-refractivity contribution is -0.135. The monoisotopic (exact) mass is 377 g/mol. The van der Waals surface area contributed by atoms with Crippen LogP contribution in [0, 0.1) is 5.92 Å². The lowest BCUT2D eigenvalue weighted by Gasteiger charge is -2.30. The highest BCUT2D eigenvalue weighted by Crippen LogP contribution is 2.56. The summed E-state index contributed by atoms with van der Waals surface area (Å²) in [6, 6.07) is 15.1. The average Bonchev–Trinajstić information content (AvgIpc) is 3.38. The van der Waals surface area contributed by atoms with E-state index in [2.05, 4.69) is 0 Å². The molecule has 132 valence electrons. The summed E-state index contributed by atoms with van der Waals surface area (Å²) < 4.78 is 0. The van der Waals surface area contributed by atoms with E-state index in [9.17, 15) is 9.90 Å². The first-order valence-electron chi connectivity index (χ1n) is 8.30. The van der Waals surface area contributed by atoms with E-state index in [4.69, 9.17) is 23.2 Å². The number of benzene rings is 2. The van der Waals surface area contributed by atoms with Gasteiger partial charge in [-0.05, 0) is 36.6 Å². The van der Waals surface area contributed by atoms with Gasteiger partial charge in [-0.25, -0.2) is 0 Å². The molecule has 3 atom stereocenters. The van der Waals surface area contributed by atoms with Gasteiger partial charge in [-0.15, -0.1) is 0 Å². The average molecular weight is 378 g/mol. The molecule has 0 spiro atoms. The first kappa shape index (κ1) is 18.2. The summed E-state index contributed by atoms with van der Waals surface area (Å²) in [5.41, 5.74) is 1.17. The lowest BCUT2D eigenvalue weighted by atomic mass is 9.90. The minimum atomic E-state index is -0.721. The number of hydrogen-bond acceptors (Lipinski definition) is 2. The van der Waals surface area contributed by atoms with Gasteiger partial charge in [-0.3, -0.25) is 4.79 Å². The van der Waals surface area contributed by atoms with Crippen molar-refractivity contribution in [2.24, 2.45) is 5.92 Å². The van der Waals surface area contributed by atoms with E-state index in [0.717, 1.165) is 11.1 Å². The number of halogens is 2. The molecular formula is C20H21Cl2NO2. The minimum absolute atomic E-state index is 0.00120. The Labute approximate surface area is 158 Å². The van der Waals surface area contributed by atoms with Crippen molar-refractivity contribution in [3.63, 3.8) is 0 Å². The number of hydrogen-bond donors (Lipinski definition) is 1. The van der Waals surface area contributed by atoms with Crippen LogP contribution in [0.3, 0.4) is 0 Å². The van der Waals surface area contributed by atoms with Crippen molar-refractivity contribution >= 4 is 29.1 Å². The maximum Gasteiger partial charge on any atom is 0.233 e. The van der Waals surface area contributed by atoms with E-state index < -0.39 is 5.41 Å². The highest BCUT2D eigenvalue weighted by atomic mass is 35.5. The highest BCUT2D eigenvalue weighted by molar-refractivity contribution is 6.42. The Kier molecular flexibility index (Phi) is 5.10. The number of carbonyl (C=O) groups excluding carboxylic acids is 1. The van der Waals surface area contributed by atoms with Crippen molar-refractivity contribution < 1.29 is 9.90 Å². The molecule has 3 rings (SSSR count). The van der Waals surface area contributed by atoms with E-state index in [1.165, 1.54) is 0 Å². The lowest BCUT2D eigenvalue weighted by Crippen LogP contribution is -2.39. The third-order valence-corrected chi connectivity index (χ3v) is 6.06. The molecule has 0 heterocycles. The Morgan fingerprint density at radius 1 is 1.24 bits per heavy atom. The van der Waals surface area contributed by atoms with Crippen LogP contribution >= 0.6 is 23.2 Å². The second-order valence-corrected chi connectivity index (χ2v) is 7.50. The van der Waals surface area contributed by atoms with Crippen molar-refractivity contribution in [2.75, 3.05) is 13.7 Å². The fraction of sp³-hybridized carbons (Fsp3) is 0.350. The fourth-order valence-electron chi connectivity index (χ4n) is 3.51. The molecule has 0 aliphatic heterocycles. The van der Waals surface area contributed by atoms with Crippen molar-refractivity contribution in [1.82, 2.24) is 4.90 Å². The molecule has 0 aromatic heterocycles. The highest BCUT2D eigenvalue weighted by Gasteiger charge is 2.61. The Bertz CT molecular complexity index is 781. The van der Waals surface area contributed by atoms with E-state index in [1.54, 1.807) is 17.0 Å². The number of amides is 1. The van der Waals surface area contributed by atoms with Crippen LogP contribution in [0.15, 0.2) is 48.5 Å². The second-order valence-electron chi connectivity index (χ2n) is 6.69. The van der Waals surface area contributed by atoms with Crippen molar-refractivity contribution in [3.05, 3.63) is 69.7 Å². The maximum atomic E-state index is 13.3. The van der Waals surface area contributed by atoms with Crippen molar-refractivity contribution in [2.45, 2.75) is 24.8 Å². The van der Waals surface area contributed by atoms with Gasteiger partial charge in [0.1, 0.15) is 0 Å². The summed E-state index contributed by atoms with van der Waals surface area (Å²) in [6.45, 7) is 1.98. The van der Waals surface area contributed by atoms with Gasteiger partial charge in [-0.1, -0.05) is 59.6 Å². The maximum absolute atomic E-state index is 13.3. The van der Waals surface area contributed by atoms with Crippen LogP contribution in [0.1, 0.15) is 30.5 Å². The van der Waals surface area contributed by atoms with Gasteiger partial charge < -0.3 is 10.0 Å². The first-order chi connectivity index (χ1) is 11.9. The molecule has 0 saturated heterocycles. The van der Waals surface area contributed by atoms with Gasteiger partial charge in [0.05, 0.1) is 21.5 Å². The van der Waals surface area contributed by atoms with E-state index >= 15 is 0 Å². The van der Waals surface area contributed by atoms with Gasteiger partial charge in [0.25, 0.3) is 0 Å². The minimum Gasteiger partial charge on any atom is -0.396 e. The number of aliphatic hydroxyl groups excluding tert-OH is 1. The predicted molar refractivity (Wildman–Crippen MR) is 101 cm³/mol. The Hall–Kier alpha value is -1.55. The van der Waals surface area contributed by atoms with Gasteiger partial charge in [0.2, 0.25) is 5.91 Å². The van der Waals surface area contributed by atoms with Crippen LogP contribution < -0.4 is 0 Å². The molecule has 1 fully saturated rings. The van der Waals surface area contributed by atoms with Crippen LogP contribution in [0.2, 0.25) is 10.0 Å². The Balaban J connectivity index is 1.93. The fourth-order valence-corrected chi connectivity index (χ4v) is 3.81. The molecule has 0 radical (unpaired) electrons. The van der Waals surface area contributed by atoms with Crippen LogP contribution in [0.25, 0.3) is 0 Å². The summed E-state index contributed by atoms with van der Waals surface area (Å²) in [7, 11) is 1.81. The Morgan fingerprint density at radius 2 is 1.92 bits per heavy atom. The molecule has 1 aliphatic rings. The van der Waals surface area contributed by atoms with Gasteiger partial charge >= 0.3 is 0 Å². The smallest absolute Gasteiger partial charge is 0.233 e. The molecular weight excluding hydrogens is 357 g/mol. The molecule has 0 bridgehead atoms. The van der Waals surface area contributed by atoms with E-state index in [0.29, 0.717) is 16.5 Å². The number of nitrogens with zero attached hydrogens (tertiary/aromatic N) is 1. The normalized spacial score (nSPS) is 23.2. The molecule has 1 amide bonds. The second kappa shape index (κ2) is 6.99. The zero-order valence-electron chi connectivity index (χ0n) is 14.2. The third kappa shape index (κ3) is 3.17. The molecule has 1 N–H and O–H groups in total. The molecule has 3 nitrogen and oxygen atoms in total. The van der Waals surface area contributed by atoms with Crippen LogP contribution in [0.5, 0.6) is 0 Å².